The lowest BCUT2D eigenvalue weighted by molar-refractivity contribution is -0.492. The normalized spacial score (nSPS) is 11.0. The number of carbonyl (C=O) groups is 1. The number of carbonyl (C=O) groups excluding carboxylic acids is 1. The van der Waals surface area contributed by atoms with Gasteiger partial charge in [0.05, 0.1) is 19.1 Å². The molecule has 11 heteroatoms. The van der Waals surface area contributed by atoms with E-state index in [1.54, 1.807) is 30.0 Å². The van der Waals surface area contributed by atoms with Crippen molar-refractivity contribution in [1.82, 2.24) is 10.5 Å². The third-order valence-corrected chi connectivity index (χ3v) is 7.36. The number of ether oxygens (including phenoxy) is 1. The topological polar surface area (TPSA) is 101 Å². The van der Waals surface area contributed by atoms with Gasteiger partial charge in [0.15, 0.2) is 0 Å². The highest BCUT2D eigenvalue weighted by Crippen LogP contribution is 2.30. The van der Waals surface area contributed by atoms with Crippen molar-refractivity contribution in [3.8, 4) is 11.5 Å². The number of H-pyrrole nitrogens is 1. The van der Waals surface area contributed by atoms with Gasteiger partial charge >= 0.3 is 4.34 Å². The first-order valence-corrected chi connectivity index (χ1v) is 11.8. The van der Waals surface area contributed by atoms with Crippen LogP contribution in [0.4, 0.5) is 0 Å². The van der Waals surface area contributed by atoms with Crippen LogP contribution >= 0.6 is 46.5 Å². The first kappa shape index (κ1) is 22.4. The lowest BCUT2D eigenvalue weighted by Crippen LogP contribution is -2.19. The zero-order valence-corrected chi connectivity index (χ0v) is 19.0. The van der Waals surface area contributed by atoms with Crippen LogP contribution in [0.2, 0.25) is 5.02 Å². The van der Waals surface area contributed by atoms with E-state index in [9.17, 15) is 9.90 Å². The third kappa shape index (κ3) is 6.36. The van der Waals surface area contributed by atoms with Gasteiger partial charge < -0.3 is 9.84 Å². The monoisotopic (exact) mass is 480 g/mol. The standard InChI is InChI=1S/C19H17ClN4O3S3/c1-27-15-8-4-6-12(17(15)26)9-21-22-16(25)11-29-19-24-23-18(30-19)28-10-13-5-2-3-7-14(13)20/h2-9,26H,10-11H2,1H3,(H,22,25). The second-order valence-electron chi connectivity index (χ2n) is 5.72. The Morgan fingerprint density at radius 3 is 2.97 bits per heavy atom. The summed E-state index contributed by atoms with van der Waals surface area (Å²) in [6.07, 6.45) is 1.30. The first-order chi connectivity index (χ1) is 14.6. The molecule has 0 atom stereocenters. The van der Waals surface area contributed by atoms with Gasteiger partial charge in [-0.25, -0.2) is 5.43 Å². The summed E-state index contributed by atoms with van der Waals surface area (Å²) in [5.74, 6) is 0.517. The molecule has 0 radical (unpaired) electrons. The summed E-state index contributed by atoms with van der Waals surface area (Å²) in [6.45, 7) is 0. The molecule has 2 aromatic carbocycles. The molecule has 2 N–H and O–H groups in total. The number of hydrazone groups is 1. The molecule has 0 saturated carbocycles. The maximum Gasteiger partial charge on any atom is 0.323 e. The van der Waals surface area contributed by atoms with Crippen LogP contribution in [0.3, 0.4) is 0 Å². The van der Waals surface area contributed by atoms with Crippen LogP contribution in [-0.4, -0.2) is 30.1 Å². The number of nitrogens with one attached hydrogen (secondary N) is 2. The molecule has 0 aliphatic carbocycles. The Balaban J connectivity index is 1.45. The largest absolute Gasteiger partial charge is 0.870 e. The zero-order valence-electron chi connectivity index (χ0n) is 15.8. The fourth-order valence-electron chi connectivity index (χ4n) is 2.23. The first-order valence-electron chi connectivity index (χ1n) is 8.60. The Kier molecular flexibility index (Phi) is 8.38. The highest BCUT2D eigenvalue weighted by molar-refractivity contribution is 8.03. The summed E-state index contributed by atoms with van der Waals surface area (Å²) in [7, 11) is 1.42. The molecular formula is C19H17ClN4O3S3. The second-order valence-corrected chi connectivity index (χ2v) is 9.59. The summed E-state index contributed by atoms with van der Waals surface area (Å²) in [4.78, 5) is 12.0. The third-order valence-electron chi connectivity index (χ3n) is 3.68. The highest BCUT2D eigenvalue weighted by Gasteiger charge is 2.14. The molecule has 0 aliphatic rings. The van der Waals surface area contributed by atoms with Crippen LogP contribution in [0.25, 0.3) is 0 Å². The summed E-state index contributed by atoms with van der Waals surface area (Å²) < 4.78 is 6.64. The zero-order chi connectivity index (χ0) is 21.3. The van der Waals surface area contributed by atoms with Gasteiger partial charge in [-0.15, -0.1) is 0 Å². The SMILES string of the molecule is COc1cccc(C=NNC(=O)CSc2n[nH+]c(SCc3ccccc3Cl)s2)c1[O-]. The number of halogens is 1. The van der Waals surface area contributed by atoms with E-state index in [1.165, 1.54) is 36.4 Å². The molecule has 3 aromatic rings. The molecule has 0 spiro atoms. The number of aromatic amines is 1. The lowest BCUT2D eigenvalue weighted by Gasteiger charge is -2.14. The van der Waals surface area contributed by atoms with Crippen LogP contribution in [0.15, 0.2) is 56.2 Å². The number of hydrogen-bond acceptors (Lipinski definition) is 8. The van der Waals surface area contributed by atoms with Gasteiger partial charge in [-0.3, -0.25) is 4.79 Å². The Labute approximate surface area is 190 Å². The van der Waals surface area contributed by atoms with Gasteiger partial charge in [0.25, 0.3) is 5.91 Å². The average Bonchev–Trinajstić information content (AvgIpc) is 3.21. The summed E-state index contributed by atoms with van der Waals surface area (Å²) in [6, 6.07) is 12.5. The molecule has 0 unspecified atom stereocenters. The molecule has 0 fully saturated rings. The van der Waals surface area contributed by atoms with E-state index >= 15 is 0 Å². The van der Waals surface area contributed by atoms with Gasteiger partial charge in [-0.05, 0) is 46.4 Å². The molecule has 1 amide bonds. The fraction of sp³-hybridized carbons (Fsp3) is 0.158. The minimum Gasteiger partial charge on any atom is -0.870 e. The number of nitrogens with zero attached hydrogens (tertiary/aromatic N) is 2. The van der Waals surface area contributed by atoms with Crippen molar-refractivity contribution in [3.05, 3.63) is 58.6 Å². The van der Waals surface area contributed by atoms with Gasteiger partial charge in [-0.1, -0.05) is 64.5 Å². The van der Waals surface area contributed by atoms with Crippen molar-refractivity contribution in [3.63, 3.8) is 0 Å². The predicted molar refractivity (Wildman–Crippen MR) is 119 cm³/mol. The van der Waals surface area contributed by atoms with Crippen molar-refractivity contribution in [2.45, 2.75) is 14.4 Å². The van der Waals surface area contributed by atoms with Crippen LogP contribution < -0.4 is 20.4 Å². The Bertz CT molecular complexity index is 1050. The number of benzene rings is 2. The summed E-state index contributed by atoms with van der Waals surface area (Å²) in [5, 5.41) is 23.7. The maximum atomic E-state index is 12.0. The van der Waals surface area contributed by atoms with Crippen LogP contribution in [-0.2, 0) is 10.5 Å². The van der Waals surface area contributed by atoms with E-state index in [2.05, 4.69) is 20.7 Å². The van der Waals surface area contributed by atoms with Crippen molar-refractivity contribution in [1.29, 1.82) is 0 Å². The predicted octanol–water partition coefficient (Wildman–Crippen LogP) is 3.23. The molecule has 0 aliphatic heterocycles. The number of aromatic nitrogens is 2. The van der Waals surface area contributed by atoms with E-state index < -0.39 is 0 Å². The van der Waals surface area contributed by atoms with Crippen molar-refractivity contribution in [2.75, 3.05) is 12.9 Å². The minimum atomic E-state index is -0.299. The summed E-state index contributed by atoms with van der Waals surface area (Å²) >= 11 is 10.5. The minimum absolute atomic E-state index is 0.148. The van der Waals surface area contributed by atoms with E-state index in [4.69, 9.17) is 16.3 Å². The number of rotatable bonds is 9. The lowest BCUT2D eigenvalue weighted by atomic mass is 10.2. The smallest absolute Gasteiger partial charge is 0.323 e. The van der Waals surface area contributed by atoms with Gasteiger partial charge in [0.1, 0.15) is 5.75 Å². The van der Waals surface area contributed by atoms with Crippen LogP contribution in [0.5, 0.6) is 11.5 Å². The maximum absolute atomic E-state index is 12.0. The van der Waals surface area contributed by atoms with Gasteiger partial charge in [-0.2, -0.15) is 5.10 Å². The quantitative estimate of drug-likeness (QED) is 0.286. The van der Waals surface area contributed by atoms with Crippen LogP contribution in [0.1, 0.15) is 11.1 Å². The van der Waals surface area contributed by atoms with Gasteiger partial charge in [0, 0.05) is 15.9 Å². The molecule has 156 valence electrons. The number of hydrogen-bond donors (Lipinski definition) is 1. The molecule has 3 rings (SSSR count). The fourth-order valence-corrected chi connectivity index (χ4v) is 5.40. The Morgan fingerprint density at radius 1 is 1.33 bits per heavy atom. The number of amides is 1. The highest BCUT2D eigenvalue weighted by atomic mass is 35.5. The van der Waals surface area contributed by atoms with E-state index in [0.717, 1.165) is 25.0 Å². The molecule has 1 aromatic heterocycles. The van der Waals surface area contributed by atoms with Gasteiger partial charge in [0.2, 0.25) is 4.34 Å². The molecule has 7 nitrogen and oxygen atoms in total. The molecular weight excluding hydrogens is 464 g/mol. The van der Waals surface area contributed by atoms with Crippen LogP contribution in [0, 0.1) is 0 Å². The van der Waals surface area contributed by atoms with Crippen molar-refractivity contribution >= 4 is 58.6 Å². The molecule has 1 heterocycles. The number of methoxy groups -OCH3 is 1. The number of para-hydroxylation sites is 1. The van der Waals surface area contributed by atoms with E-state index in [1.807, 2.05) is 24.3 Å². The van der Waals surface area contributed by atoms with Crippen molar-refractivity contribution < 1.29 is 19.7 Å². The van der Waals surface area contributed by atoms with E-state index in [0.29, 0.717) is 5.56 Å². The summed E-state index contributed by atoms with van der Waals surface area (Å²) in [5.41, 5.74) is 3.78. The number of thioether (sulfide) groups is 2. The molecule has 0 saturated heterocycles. The van der Waals surface area contributed by atoms with Crippen molar-refractivity contribution in [2.24, 2.45) is 5.10 Å². The molecule has 30 heavy (non-hydrogen) atoms. The Morgan fingerprint density at radius 2 is 2.17 bits per heavy atom. The molecule has 0 bridgehead atoms. The van der Waals surface area contributed by atoms with E-state index in [-0.39, 0.29) is 23.2 Å². The second kappa shape index (κ2) is 11.2. The average molecular weight is 481 g/mol. The Hall–Kier alpha value is -2.27.